The first-order valence-corrected chi connectivity index (χ1v) is 9.97. The van der Waals surface area contributed by atoms with E-state index < -0.39 is 5.91 Å². The van der Waals surface area contributed by atoms with Crippen LogP contribution in [-0.2, 0) is 13.2 Å². The van der Waals surface area contributed by atoms with Crippen LogP contribution in [0, 0.1) is 13.8 Å². The van der Waals surface area contributed by atoms with Crippen molar-refractivity contribution in [2.75, 3.05) is 5.32 Å². The van der Waals surface area contributed by atoms with Crippen LogP contribution in [0.3, 0.4) is 0 Å². The van der Waals surface area contributed by atoms with Crippen LogP contribution in [0.25, 0.3) is 0 Å². The van der Waals surface area contributed by atoms with E-state index in [-0.39, 0.29) is 11.5 Å². The molecule has 0 aliphatic carbocycles. The number of carbonyl (C=O) groups excluding carboxylic acids is 1. The van der Waals surface area contributed by atoms with Gasteiger partial charge in [0, 0.05) is 23.1 Å². The molecule has 0 bridgehead atoms. The summed E-state index contributed by atoms with van der Waals surface area (Å²) in [6.07, 6.45) is 3.37. The van der Waals surface area contributed by atoms with Crippen molar-refractivity contribution in [2.45, 2.75) is 27.1 Å². The number of amides is 1. The Morgan fingerprint density at radius 1 is 1.03 bits per heavy atom. The number of carbonyl (C=O) groups is 1. The molecule has 3 heterocycles. The summed E-state index contributed by atoms with van der Waals surface area (Å²) in [6.45, 7) is 4.75. The van der Waals surface area contributed by atoms with Crippen molar-refractivity contribution in [2.24, 2.45) is 0 Å². The van der Waals surface area contributed by atoms with Gasteiger partial charge in [0.25, 0.3) is 5.91 Å². The molecule has 4 rings (SSSR count). The number of anilines is 1. The molecule has 0 saturated carbocycles. The number of hydrogen-bond donors (Lipinski definition) is 1. The van der Waals surface area contributed by atoms with Gasteiger partial charge in [0.1, 0.15) is 11.7 Å². The minimum atomic E-state index is -0.396. The van der Waals surface area contributed by atoms with Crippen molar-refractivity contribution in [3.05, 3.63) is 81.5 Å². The minimum Gasteiger partial charge on any atom is -0.302 e. The van der Waals surface area contributed by atoms with Gasteiger partial charge in [-0.3, -0.25) is 14.2 Å². The van der Waals surface area contributed by atoms with Gasteiger partial charge in [0.05, 0.1) is 12.2 Å². The van der Waals surface area contributed by atoms with E-state index in [0.29, 0.717) is 23.3 Å². The average Bonchev–Trinajstić information content (AvgIpc) is 3.38. The number of hydrogen-bond acceptors (Lipinski definition) is 4. The third-order valence-electron chi connectivity index (χ3n) is 4.49. The molecular formula is C20H19Cl2N7O. The Bertz CT molecular complexity index is 1210. The molecule has 4 aromatic rings. The van der Waals surface area contributed by atoms with E-state index in [0.717, 1.165) is 17.0 Å². The summed E-state index contributed by atoms with van der Waals surface area (Å²) < 4.78 is 5.09. The standard InChI is InChI=1S/C20H19Cl2N7O/c1-13-9-14(2)29(24-13)12-27-8-7-18(25-27)20(30)23-19-17(22)11-28(26-19)10-15-5-3-4-6-16(15)21/h3-9,11H,10,12H2,1-2H3,(H,23,26,30). The maximum absolute atomic E-state index is 12.6. The Morgan fingerprint density at radius 3 is 2.57 bits per heavy atom. The van der Waals surface area contributed by atoms with Gasteiger partial charge in [-0.15, -0.1) is 0 Å². The third kappa shape index (κ3) is 4.39. The maximum Gasteiger partial charge on any atom is 0.277 e. The van der Waals surface area contributed by atoms with Gasteiger partial charge in [0.2, 0.25) is 0 Å². The predicted molar refractivity (Wildman–Crippen MR) is 115 cm³/mol. The van der Waals surface area contributed by atoms with Crippen LogP contribution in [0.1, 0.15) is 27.4 Å². The van der Waals surface area contributed by atoms with Gasteiger partial charge >= 0.3 is 0 Å². The van der Waals surface area contributed by atoms with E-state index in [1.54, 1.807) is 27.8 Å². The Balaban J connectivity index is 1.44. The zero-order valence-electron chi connectivity index (χ0n) is 16.4. The molecular weight excluding hydrogens is 425 g/mol. The molecule has 0 atom stereocenters. The topological polar surface area (TPSA) is 82.6 Å². The van der Waals surface area contributed by atoms with Crippen LogP contribution in [-0.4, -0.2) is 35.2 Å². The molecule has 0 aliphatic heterocycles. The van der Waals surface area contributed by atoms with Crippen LogP contribution < -0.4 is 5.32 Å². The van der Waals surface area contributed by atoms with Gasteiger partial charge in [-0.05, 0) is 37.6 Å². The Morgan fingerprint density at radius 2 is 1.83 bits per heavy atom. The lowest BCUT2D eigenvalue weighted by atomic mass is 10.2. The van der Waals surface area contributed by atoms with Crippen molar-refractivity contribution >= 4 is 34.9 Å². The molecule has 0 spiro atoms. The first-order valence-electron chi connectivity index (χ1n) is 9.21. The van der Waals surface area contributed by atoms with E-state index in [1.165, 1.54) is 0 Å². The van der Waals surface area contributed by atoms with Crippen LogP contribution >= 0.6 is 23.2 Å². The van der Waals surface area contributed by atoms with Crippen molar-refractivity contribution in [3.63, 3.8) is 0 Å². The lowest BCUT2D eigenvalue weighted by molar-refractivity contribution is 0.102. The first-order chi connectivity index (χ1) is 14.4. The SMILES string of the molecule is Cc1cc(C)n(Cn2ccc(C(=O)Nc3nn(Cc4ccccc4Cl)cc3Cl)n2)n1. The normalized spacial score (nSPS) is 11.1. The molecule has 8 nitrogen and oxygen atoms in total. The van der Waals surface area contributed by atoms with Gasteiger partial charge < -0.3 is 5.32 Å². The number of aromatic nitrogens is 6. The summed E-state index contributed by atoms with van der Waals surface area (Å²) in [5, 5.41) is 16.7. The maximum atomic E-state index is 12.6. The number of aryl methyl sites for hydroxylation is 2. The third-order valence-corrected chi connectivity index (χ3v) is 5.14. The Hall–Kier alpha value is -3.10. The van der Waals surface area contributed by atoms with Crippen molar-refractivity contribution in [1.82, 2.24) is 29.3 Å². The summed E-state index contributed by atoms with van der Waals surface area (Å²) in [6, 6.07) is 11.1. The van der Waals surface area contributed by atoms with Gasteiger partial charge in [-0.25, -0.2) is 4.68 Å². The fourth-order valence-electron chi connectivity index (χ4n) is 3.05. The summed E-state index contributed by atoms with van der Waals surface area (Å²) in [7, 11) is 0. The molecule has 0 aliphatic rings. The molecule has 30 heavy (non-hydrogen) atoms. The number of benzene rings is 1. The summed E-state index contributed by atoms with van der Waals surface area (Å²) >= 11 is 12.4. The highest BCUT2D eigenvalue weighted by atomic mass is 35.5. The highest BCUT2D eigenvalue weighted by Crippen LogP contribution is 2.22. The van der Waals surface area contributed by atoms with Crippen molar-refractivity contribution in [1.29, 1.82) is 0 Å². The smallest absolute Gasteiger partial charge is 0.277 e. The van der Waals surface area contributed by atoms with E-state index in [4.69, 9.17) is 23.2 Å². The molecule has 0 fully saturated rings. The van der Waals surface area contributed by atoms with Crippen LogP contribution in [0.4, 0.5) is 5.82 Å². The number of nitrogens with zero attached hydrogens (tertiary/aromatic N) is 6. The molecule has 154 valence electrons. The largest absolute Gasteiger partial charge is 0.302 e. The van der Waals surface area contributed by atoms with Crippen molar-refractivity contribution in [3.8, 4) is 0 Å². The fraction of sp³-hybridized carbons (Fsp3) is 0.200. The summed E-state index contributed by atoms with van der Waals surface area (Å²) in [5.74, 6) is -0.131. The monoisotopic (exact) mass is 443 g/mol. The molecule has 10 heteroatoms. The van der Waals surface area contributed by atoms with Gasteiger partial charge in [-0.1, -0.05) is 41.4 Å². The number of halogens is 2. The average molecular weight is 444 g/mol. The molecule has 1 amide bonds. The predicted octanol–water partition coefficient (Wildman–Crippen LogP) is 4.01. The van der Waals surface area contributed by atoms with Gasteiger partial charge in [0.15, 0.2) is 11.5 Å². The second-order valence-corrected chi connectivity index (χ2v) is 7.69. The molecule has 3 aromatic heterocycles. The lowest BCUT2D eigenvalue weighted by Gasteiger charge is -2.05. The number of nitrogens with one attached hydrogen (secondary N) is 1. The molecule has 1 N–H and O–H groups in total. The Kier molecular flexibility index (Phi) is 5.61. The fourth-order valence-corrected chi connectivity index (χ4v) is 3.45. The zero-order chi connectivity index (χ0) is 21.3. The first kappa shape index (κ1) is 20.2. The molecule has 1 aromatic carbocycles. The van der Waals surface area contributed by atoms with Crippen LogP contribution in [0.15, 0.2) is 48.8 Å². The van der Waals surface area contributed by atoms with Crippen molar-refractivity contribution < 1.29 is 4.79 Å². The van der Waals surface area contributed by atoms with E-state index in [9.17, 15) is 4.79 Å². The minimum absolute atomic E-state index is 0.258. The highest BCUT2D eigenvalue weighted by Gasteiger charge is 2.15. The summed E-state index contributed by atoms with van der Waals surface area (Å²) in [4.78, 5) is 12.6. The van der Waals surface area contributed by atoms with E-state index in [2.05, 4.69) is 20.6 Å². The lowest BCUT2D eigenvalue weighted by Crippen LogP contribution is -2.16. The molecule has 0 unspecified atom stereocenters. The summed E-state index contributed by atoms with van der Waals surface area (Å²) in [5.41, 5.74) is 3.11. The number of rotatable bonds is 6. The zero-order valence-corrected chi connectivity index (χ0v) is 17.9. The van der Waals surface area contributed by atoms with Crippen LogP contribution in [0.5, 0.6) is 0 Å². The van der Waals surface area contributed by atoms with E-state index >= 15 is 0 Å². The van der Waals surface area contributed by atoms with Crippen LogP contribution in [0.2, 0.25) is 10.0 Å². The second-order valence-electron chi connectivity index (χ2n) is 6.88. The Labute approximate surface area is 183 Å². The molecule has 0 radical (unpaired) electrons. The second kappa shape index (κ2) is 8.33. The van der Waals surface area contributed by atoms with Gasteiger partial charge in [-0.2, -0.15) is 15.3 Å². The van der Waals surface area contributed by atoms with E-state index in [1.807, 2.05) is 48.9 Å². The highest BCUT2D eigenvalue weighted by molar-refractivity contribution is 6.33. The quantitative estimate of drug-likeness (QED) is 0.487. The molecule has 0 saturated heterocycles.